The number of hydrogen-bond donors (Lipinski definition) is 1. The molecule has 0 bridgehead atoms. The average molecular weight is 326 g/mol. The zero-order chi connectivity index (χ0) is 18.4. The van der Waals surface area contributed by atoms with Gasteiger partial charge >= 0.3 is 0 Å². The van der Waals surface area contributed by atoms with Gasteiger partial charge in [0.2, 0.25) is 0 Å². The molecule has 0 heterocycles. The first-order valence-electron chi connectivity index (χ1n) is 8.60. The van der Waals surface area contributed by atoms with Crippen molar-refractivity contribution in [3.05, 3.63) is 57.7 Å². The van der Waals surface area contributed by atoms with Crippen molar-refractivity contribution in [1.29, 1.82) is 0 Å². The number of ketones is 1. The molecule has 0 amide bonds. The number of aliphatic hydroxyl groups excluding tert-OH is 1. The van der Waals surface area contributed by atoms with Gasteiger partial charge in [-0.3, -0.25) is 4.79 Å². The maximum Gasteiger partial charge on any atom is 0.184 e. The second-order valence-corrected chi connectivity index (χ2v) is 9.00. The third kappa shape index (κ3) is 3.54. The minimum atomic E-state index is -0.560. The summed E-state index contributed by atoms with van der Waals surface area (Å²) < 4.78 is 0. The molecule has 2 heteroatoms. The van der Waals surface area contributed by atoms with Crippen molar-refractivity contribution in [2.24, 2.45) is 10.8 Å². The second-order valence-electron chi connectivity index (χ2n) is 9.00. The zero-order valence-electron chi connectivity index (χ0n) is 16.2. The van der Waals surface area contributed by atoms with Crippen LogP contribution in [0.5, 0.6) is 0 Å². The second kappa shape index (κ2) is 6.00. The number of hydrogen-bond acceptors (Lipinski definition) is 2. The standard InChI is InChI=1S/C22H30O2/c1-13-9-15(10-14(2)19(13)23)16-11-17(21(3,4)5)20(24)18(12-16)22(6,7)8/h9-12,20,24H,1-8H3. The molecule has 0 radical (unpaired) electrons. The molecule has 0 aromatic rings. The van der Waals surface area contributed by atoms with E-state index in [0.29, 0.717) is 0 Å². The molecule has 0 aromatic heterocycles. The van der Waals surface area contributed by atoms with Crippen molar-refractivity contribution in [2.45, 2.75) is 61.5 Å². The normalized spacial score (nSPS) is 22.9. The van der Waals surface area contributed by atoms with E-state index in [-0.39, 0.29) is 16.6 Å². The van der Waals surface area contributed by atoms with E-state index in [4.69, 9.17) is 0 Å². The summed E-state index contributed by atoms with van der Waals surface area (Å²) in [6.07, 6.45) is 7.54. The lowest BCUT2D eigenvalue weighted by atomic mass is 9.70. The molecule has 0 aromatic carbocycles. The molecular weight excluding hydrogens is 296 g/mol. The Balaban J connectivity index is 2.72. The van der Waals surface area contributed by atoms with Crippen LogP contribution < -0.4 is 0 Å². The summed E-state index contributed by atoms with van der Waals surface area (Å²) in [5, 5.41) is 10.9. The van der Waals surface area contributed by atoms with Gasteiger partial charge in [-0.25, -0.2) is 0 Å². The van der Waals surface area contributed by atoms with Gasteiger partial charge in [-0.15, -0.1) is 0 Å². The summed E-state index contributed by atoms with van der Waals surface area (Å²) in [4.78, 5) is 12.0. The molecule has 130 valence electrons. The van der Waals surface area contributed by atoms with Gasteiger partial charge in [0.05, 0.1) is 6.10 Å². The Morgan fingerprint density at radius 3 is 1.42 bits per heavy atom. The van der Waals surface area contributed by atoms with Gasteiger partial charge in [0.1, 0.15) is 0 Å². The molecule has 0 atom stereocenters. The van der Waals surface area contributed by atoms with Gasteiger partial charge in [0, 0.05) is 0 Å². The summed E-state index contributed by atoms with van der Waals surface area (Å²) >= 11 is 0. The summed E-state index contributed by atoms with van der Waals surface area (Å²) in [5.41, 5.74) is 5.43. The van der Waals surface area contributed by atoms with Crippen LogP contribution in [0.15, 0.2) is 57.7 Å². The van der Waals surface area contributed by atoms with Crippen LogP contribution in [-0.2, 0) is 4.79 Å². The van der Waals surface area contributed by atoms with Crippen molar-refractivity contribution >= 4 is 5.78 Å². The summed E-state index contributed by atoms with van der Waals surface area (Å²) in [7, 11) is 0. The molecule has 0 spiro atoms. The summed E-state index contributed by atoms with van der Waals surface area (Å²) in [6, 6.07) is 0. The fourth-order valence-electron chi connectivity index (χ4n) is 3.24. The molecule has 2 aliphatic rings. The smallest absolute Gasteiger partial charge is 0.184 e. The van der Waals surface area contributed by atoms with Crippen LogP contribution in [0, 0.1) is 10.8 Å². The van der Waals surface area contributed by atoms with E-state index in [1.165, 1.54) is 0 Å². The Kier molecular flexibility index (Phi) is 4.67. The molecule has 2 rings (SSSR count). The van der Waals surface area contributed by atoms with E-state index in [9.17, 15) is 9.90 Å². The fourth-order valence-corrected chi connectivity index (χ4v) is 3.24. The minimum absolute atomic E-state index is 0.107. The highest BCUT2D eigenvalue weighted by atomic mass is 16.3. The molecule has 2 aliphatic carbocycles. The Morgan fingerprint density at radius 2 is 1.08 bits per heavy atom. The quantitative estimate of drug-likeness (QED) is 0.674. The third-order valence-electron chi connectivity index (χ3n) is 4.74. The monoisotopic (exact) mass is 326 g/mol. The van der Waals surface area contributed by atoms with Crippen molar-refractivity contribution < 1.29 is 9.90 Å². The molecule has 0 unspecified atom stereocenters. The molecule has 0 fully saturated rings. The molecule has 0 aliphatic heterocycles. The van der Waals surface area contributed by atoms with E-state index in [1.54, 1.807) is 0 Å². The van der Waals surface area contributed by atoms with E-state index in [2.05, 4.69) is 53.7 Å². The Bertz CT molecular complexity index is 665. The number of Topliss-reactive ketones (excluding diaryl/α,β-unsaturated/α-hetero) is 1. The van der Waals surface area contributed by atoms with Gasteiger partial charge in [0.15, 0.2) is 5.78 Å². The first-order chi connectivity index (χ1) is 10.8. The lowest BCUT2D eigenvalue weighted by Crippen LogP contribution is -2.32. The highest BCUT2D eigenvalue weighted by Gasteiger charge is 2.34. The largest absolute Gasteiger partial charge is 0.384 e. The predicted molar refractivity (Wildman–Crippen MR) is 101 cm³/mol. The number of allylic oxidation sites excluding steroid dienone is 8. The highest BCUT2D eigenvalue weighted by molar-refractivity contribution is 6.09. The summed E-state index contributed by atoms with van der Waals surface area (Å²) in [5.74, 6) is 0.107. The first-order valence-corrected chi connectivity index (χ1v) is 8.60. The number of carbonyl (C=O) groups is 1. The van der Waals surface area contributed by atoms with Crippen LogP contribution in [0.2, 0.25) is 0 Å². The van der Waals surface area contributed by atoms with Crippen LogP contribution in [0.3, 0.4) is 0 Å². The van der Waals surface area contributed by atoms with E-state index in [1.807, 2.05) is 26.0 Å². The lowest BCUT2D eigenvalue weighted by molar-refractivity contribution is -0.112. The van der Waals surface area contributed by atoms with Crippen LogP contribution in [0.4, 0.5) is 0 Å². The Labute approximate surface area is 146 Å². The fraction of sp³-hybridized carbons (Fsp3) is 0.500. The minimum Gasteiger partial charge on any atom is -0.384 e. The molecule has 1 N–H and O–H groups in total. The van der Waals surface area contributed by atoms with Gasteiger partial charge in [-0.2, -0.15) is 0 Å². The van der Waals surface area contributed by atoms with Gasteiger partial charge in [-0.1, -0.05) is 53.7 Å². The molecular formula is C22H30O2. The van der Waals surface area contributed by atoms with E-state index < -0.39 is 6.10 Å². The van der Waals surface area contributed by atoms with Gasteiger partial charge in [-0.05, 0) is 70.3 Å². The van der Waals surface area contributed by atoms with Crippen LogP contribution >= 0.6 is 0 Å². The van der Waals surface area contributed by atoms with Crippen molar-refractivity contribution in [2.75, 3.05) is 0 Å². The van der Waals surface area contributed by atoms with Crippen molar-refractivity contribution in [3.63, 3.8) is 0 Å². The Hall–Kier alpha value is -1.67. The van der Waals surface area contributed by atoms with Crippen molar-refractivity contribution in [1.82, 2.24) is 0 Å². The zero-order valence-corrected chi connectivity index (χ0v) is 16.2. The lowest BCUT2D eigenvalue weighted by Gasteiger charge is -2.37. The summed E-state index contributed by atoms with van der Waals surface area (Å²) in [6.45, 7) is 16.5. The molecule has 2 nitrogen and oxygen atoms in total. The maximum atomic E-state index is 12.0. The molecule has 24 heavy (non-hydrogen) atoms. The SMILES string of the molecule is CC1=CC(=C2C=C(C(C)(C)C)C(O)C(C(C)(C)C)=C2)C=C(C)C1=O. The van der Waals surface area contributed by atoms with E-state index >= 15 is 0 Å². The van der Waals surface area contributed by atoms with Crippen LogP contribution in [0.25, 0.3) is 0 Å². The number of rotatable bonds is 0. The maximum absolute atomic E-state index is 12.0. The average Bonchev–Trinajstić information content (AvgIpc) is 2.41. The highest BCUT2D eigenvalue weighted by Crippen LogP contribution is 2.42. The Morgan fingerprint density at radius 1 is 0.750 bits per heavy atom. The van der Waals surface area contributed by atoms with Crippen LogP contribution in [0.1, 0.15) is 55.4 Å². The molecule has 0 saturated heterocycles. The number of aliphatic hydroxyl groups is 1. The first kappa shape index (κ1) is 18.7. The third-order valence-corrected chi connectivity index (χ3v) is 4.74. The topological polar surface area (TPSA) is 37.3 Å². The molecule has 0 saturated carbocycles. The number of carbonyl (C=O) groups excluding carboxylic acids is 1. The van der Waals surface area contributed by atoms with Gasteiger partial charge < -0.3 is 5.11 Å². The van der Waals surface area contributed by atoms with E-state index in [0.717, 1.165) is 33.4 Å². The van der Waals surface area contributed by atoms with Crippen LogP contribution in [-0.4, -0.2) is 17.0 Å². The van der Waals surface area contributed by atoms with Crippen molar-refractivity contribution in [3.8, 4) is 0 Å². The van der Waals surface area contributed by atoms with Gasteiger partial charge in [0.25, 0.3) is 0 Å². The predicted octanol–water partition coefficient (Wildman–Crippen LogP) is 5.08.